The van der Waals surface area contributed by atoms with Crippen molar-refractivity contribution in [3.63, 3.8) is 0 Å². The number of aromatic amines is 1. The first-order chi connectivity index (χ1) is 15.5. The summed E-state index contributed by atoms with van der Waals surface area (Å²) in [6.45, 7) is 4.88. The lowest BCUT2D eigenvalue weighted by atomic mass is 9.99. The molecule has 1 aromatic carbocycles. The van der Waals surface area contributed by atoms with Crippen molar-refractivity contribution < 1.29 is 13.9 Å². The Labute approximate surface area is 184 Å². The Bertz CT molecular complexity index is 1410. The zero-order chi connectivity index (χ0) is 22.2. The van der Waals surface area contributed by atoms with Crippen molar-refractivity contribution >= 4 is 33.5 Å². The summed E-state index contributed by atoms with van der Waals surface area (Å²) >= 11 is 0. The van der Waals surface area contributed by atoms with E-state index in [1.165, 1.54) is 11.6 Å². The highest BCUT2D eigenvalue weighted by Crippen LogP contribution is 2.30. The van der Waals surface area contributed by atoms with Gasteiger partial charge in [0.25, 0.3) is 5.91 Å². The van der Waals surface area contributed by atoms with Crippen LogP contribution in [0.1, 0.15) is 36.2 Å². The number of aromatic nitrogens is 2. The summed E-state index contributed by atoms with van der Waals surface area (Å²) in [6.07, 6.45) is 6.51. The fraction of sp³-hybridized carbons (Fsp3) is 0.240. The molecule has 0 unspecified atom stereocenters. The Morgan fingerprint density at radius 1 is 1.22 bits per heavy atom. The molecular weight excluding hydrogens is 406 g/mol. The molecule has 162 valence electrons. The zero-order valence-corrected chi connectivity index (χ0v) is 17.9. The number of H-pyrrole nitrogens is 1. The molecule has 0 radical (unpaired) electrons. The standard InChI is InChI=1S/C25H23N3O4/c1-15(2)31-17-5-6-18-20(13-23(29)32-22(18)12-17)25(30)28-10-7-16(8-11-28)21-14-27-24-19(21)4-3-9-26-24/h3-7,9,12-15H,8,10-11H2,1-2H3,(H,26,27). The maximum Gasteiger partial charge on any atom is 0.337 e. The Kier molecular flexibility index (Phi) is 5.01. The molecule has 1 aliphatic rings. The highest BCUT2D eigenvalue weighted by molar-refractivity contribution is 6.06. The second kappa shape index (κ2) is 8.00. The lowest BCUT2D eigenvalue weighted by Gasteiger charge is -2.27. The van der Waals surface area contributed by atoms with Crippen LogP contribution in [0.15, 0.2) is 64.1 Å². The normalized spacial score (nSPS) is 14.2. The number of nitrogens with zero attached hydrogens (tertiary/aromatic N) is 2. The SMILES string of the molecule is CC(C)Oc1ccc2c(C(=O)N3CC=C(c4c[nH]c5ncccc45)CC3)cc(=O)oc2c1. The fourth-order valence-electron chi connectivity index (χ4n) is 4.16. The summed E-state index contributed by atoms with van der Waals surface area (Å²) in [7, 11) is 0. The van der Waals surface area contributed by atoms with Crippen LogP contribution in [0.4, 0.5) is 0 Å². The van der Waals surface area contributed by atoms with E-state index in [2.05, 4.69) is 16.0 Å². The van der Waals surface area contributed by atoms with Gasteiger partial charge in [-0.1, -0.05) is 6.08 Å². The first kappa shape index (κ1) is 20.1. The second-order valence-electron chi connectivity index (χ2n) is 8.14. The van der Waals surface area contributed by atoms with Crippen LogP contribution < -0.4 is 10.4 Å². The van der Waals surface area contributed by atoms with Crippen LogP contribution in [-0.4, -0.2) is 40.0 Å². The summed E-state index contributed by atoms with van der Waals surface area (Å²) in [5.41, 5.74) is 3.29. The highest BCUT2D eigenvalue weighted by atomic mass is 16.5. The lowest BCUT2D eigenvalue weighted by Crippen LogP contribution is -2.35. The van der Waals surface area contributed by atoms with Gasteiger partial charge in [-0.2, -0.15) is 0 Å². The number of benzene rings is 1. The predicted octanol–water partition coefficient (Wildman–Crippen LogP) is 4.39. The number of rotatable bonds is 4. The highest BCUT2D eigenvalue weighted by Gasteiger charge is 2.23. The van der Waals surface area contributed by atoms with E-state index < -0.39 is 5.63 Å². The number of carbonyl (C=O) groups is 1. The van der Waals surface area contributed by atoms with Crippen LogP contribution in [0.5, 0.6) is 5.75 Å². The number of hydrogen-bond acceptors (Lipinski definition) is 5. The molecule has 7 heteroatoms. The van der Waals surface area contributed by atoms with E-state index >= 15 is 0 Å². The second-order valence-corrected chi connectivity index (χ2v) is 8.14. The molecular formula is C25H23N3O4. The van der Waals surface area contributed by atoms with E-state index in [0.29, 0.717) is 35.4 Å². The van der Waals surface area contributed by atoms with Gasteiger partial charge in [-0.3, -0.25) is 4.79 Å². The minimum absolute atomic E-state index is 0.00810. The van der Waals surface area contributed by atoms with Crippen LogP contribution in [0.25, 0.3) is 27.6 Å². The van der Waals surface area contributed by atoms with Crippen molar-refractivity contribution in [2.75, 3.05) is 13.1 Å². The van der Waals surface area contributed by atoms with Gasteiger partial charge in [0.05, 0.1) is 11.7 Å². The predicted molar refractivity (Wildman–Crippen MR) is 123 cm³/mol. The minimum Gasteiger partial charge on any atom is -0.491 e. The monoisotopic (exact) mass is 429 g/mol. The molecule has 0 aliphatic carbocycles. The topological polar surface area (TPSA) is 88.4 Å². The van der Waals surface area contributed by atoms with Gasteiger partial charge in [0.15, 0.2) is 0 Å². The molecule has 32 heavy (non-hydrogen) atoms. The number of amides is 1. The molecule has 4 heterocycles. The van der Waals surface area contributed by atoms with Gasteiger partial charge in [0, 0.05) is 54.0 Å². The van der Waals surface area contributed by atoms with Crippen molar-refractivity contribution in [1.29, 1.82) is 0 Å². The van der Waals surface area contributed by atoms with Gasteiger partial charge in [-0.15, -0.1) is 0 Å². The molecule has 0 saturated carbocycles. The Hall–Kier alpha value is -3.87. The maximum absolute atomic E-state index is 13.3. The third-order valence-corrected chi connectivity index (χ3v) is 5.61. The Morgan fingerprint density at radius 3 is 2.88 bits per heavy atom. The van der Waals surface area contributed by atoms with Crippen LogP contribution in [-0.2, 0) is 0 Å². The number of carbonyl (C=O) groups excluding carboxylic acids is 1. The largest absolute Gasteiger partial charge is 0.491 e. The molecule has 0 saturated heterocycles. The van der Waals surface area contributed by atoms with Gasteiger partial charge in [-0.25, -0.2) is 9.78 Å². The number of pyridine rings is 1. The van der Waals surface area contributed by atoms with Crippen molar-refractivity contribution in [1.82, 2.24) is 14.9 Å². The molecule has 5 rings (SSSR count). The number of hydrogen-bond donors (Lipinski definition) is 1. The first-order valence-electron chi connectivity index (χ1n) is 10.6. The van der Waals surface area contributed by atoms with Crippen molar-refractivity contribution in [2.45, 2.75) is 26.4 Å². The molecule has 0 spiro atoms. The van der Waals surface area contributed by atoms with E-state index in [-0.39, 0.29) is 12.0 Å². The number of ether oxygens (including phenoxy) is 1. The van der Waals surface area contributed by atoms with Crippen molar-refractivity contribution in [2.24, 2.45) is 0 Å². The van der Waals surface area contributed by atoms with Crippen molar-refractivity contribution in [3.05, 3.63) is 76.4 Å². The third kappa shape index (κ3) is 3.66. The minimum atomic E-state index is -0.554. The van der Waals surface area contributed by atoms with Gasteiger partial charge < -0.3 is 19.0 Å². The molecule has 0 fully saturated rings. The summed E-state index contributed by atoms with van der Waals surface area (Å²) in [6, 6.07) is 10.5. The van der Waals surface area contributed by atoms with Crippen LogP contribution in [0, 0.1) is 0 Å². The van der Waals surface area contributed by atoms with Crippen LogP contribution >= 0.6 is 0 Å². The smallest absolute Gasteiger partial charge is 0.337 e. The summed E-state index contributed by atoms with van der Waals surface area (Å²) in [5.74, 6) is 0.412. The maximum atomic E-state index is 13.3. The molecule has 3 aromatic heterocycles. The molecule has 7 nitrogen and oxygen atoms in total. The molecule has 0 atom stereocenters. The fourth-order valence-corrected chi connectivity index (χ4v) is 4.16. The quantitative estimate of drug-likeness (QED) is 0.486. The third-order valence-electron chi connectivity index (χ3n) is 5.61. The summed E-state index contributed by atoms with van der Waals surface area (Å²) in [4.78, 5) is 34.8. The van der Waals surface area contributed by atoms with E-state index in [4.69, 9.17) is 9.15 Å². The zero-order valence-electron chi connectivity index (χ0n) is 17.9. The first-order valence-corrected chi connectivity index (χ1v) is 10.6. The average molecular weight is 429 g/mol. The summed E-state index contributed by atoms with van der Waals surface area (Å²) in [5, 5.41) is 1.67. The average Bonchev–Trinajstić information content (AvgIpc) is 3.22. The molecule has 1 N–H and O–H groups in total. The van der Waals surface area contributed by atoms with Crippen molar-refractivity contribution in [3.8, 4) is 5.75 Å². The molecule has 1 aliphatic heterocycles. The Balaban J connectivity index is 1.43. The summed E-state index contributed by atoms with van der Waals surface area (Å²) < 4.78 is 11.0. The van der Waals surface area contributed by atoms with Gasteiger partial charge in [-0.05, 0) is 50.1 Å². The van der Waals surface area contributed by atoms with Gasteiger partial charge in [0.1, 0.15) is 17.0 Å². The lowest BCUT2D eigenvalue weighted by molar-refractivity contribution is 0.0774. The van der Waals surface area contributed by atoms with E-state index in [1.807, 2.05) is 32.2 Å². The number of fused-ring (bicyclic) bond motifs is 2. The Morgan fingerprint density at radius 2 is 2.09 bits per heavy atom. The molecule has 0 bridgehead atoms. The van der Waals surface area contributed by atoms with E-state index in [9.17, 15) is 9.59 Å². The van der Waals surface area contributed by atoms with Gasteiger partial charge >= 0.3 is 5.63 Å². The van der Waals surface area contributed by atoms with E-state index in [1.54, 1.807) is 29.3 Å². The number of nitrogens with one attached hydrogen (secondary N) is 1. The molecule has 1 amide bonds. The van der Waals surface area contributed by atoms with E-state index in [0.717, 1.165) is 23.0 Å². The van der Waals surface area contributed by atoms with Gasteiger partial charge in [0.2, 0.25) is 0 Å². The molecule has 4 aromatic rings. The van der Waals surface area contributed by atoms with Crippen LogP contribution in [0.3, 0.4) is 0 Å². The van der Waals surface area contributed by atoms with Crippen LogP contribution in [0.2, 0.25) is 0 Å².